The van der Waals surface area contributed by atoms with E-state index < -0.39 is 11.6 Å². The van der Waals surface area contributed by atoms with E-state index in [-0.39, 0.29) is 23.8 Å². The van der Waals surface area contributed by atoms with Crippen LogP contribution in [0.25, 0.3) is 0 Å². The van der Waals surface area contributed by atoms with Crippen molar-refractivity contribution in [1.82, 2.24) is 4.90 Å². The summed E-state index contributed by atoms with van der Waals surface area (Å²) in [6, 6.07) is 0. The zero-order valence-electron chi connectivity index (χ0n) is 12.4. The van der Waals surface area contributed by atoms with Gasteiger partial charge in [-0.25, -0.2) is 0 Å². The number of ketones is 2. The number of ether oxygens (including phenoxy) is 1. The Bertz CT molecular complexity index is 329. The van der Waals surface area contributed by atoms with E-state index in [2.05, 4.69) is 39.6 Å². The number of piperidine rings is 1. The maximum Gasteiger partial charge on any atom is 0.223 e. The van der Waals surface area contributed by atoms with Crippen LogP contribution in [-0.2, 0) is 14.3 Å². The van der Waals surface area contributed by atoms with Gasteiger partial charge >= 0.3 is 0 Å². The second-order valence-electron chi connectivity index (χ2n) is 6.50. The lowest BCUT2D eigenvalue weighted by Gasteiger charge is -2.53. The van der Waals surface area contributed by atoms with Gasteiger partial charge in [0.2, 0.25) is 5.78 Å². The number of hydrogen-bond acceptors (Lipinski definition) is 4. The van der Waals surface area contributed by atoms with Crippen LogP contribution in [0.5, 0.6) is 0 Å². The fraction of sp³-hybridized carbons (Fsp3) is 0.857. The summed E-state index contributed by atoms with van der Waals surface area (Å²) in [5, 5.41) is 0. The highest BCUT2D eigenvalue weighted by Gasteiger charge is 2.43. The van der Waals surface area contributed by atoms with Crippen LogP contribution in [0, 0.1) is 0 Å². The quantitative estimate of drug-likeness (QED) is 0.719. The molecule has 0 atom stereocenters. The van der Waals surface area contributed by atoms with E-state index in [0.29, 0.717) is 0 Å². The molecule has 1 heterocycles. The highest BCUT2D eigenvalue weighted by Crippen LogP contribution is 2.37. The lowest BCUT2D eigenvalue weighted by atomic mass is 9.79. The Labute approximate surface area is 110 Å². The Morgan fingerprint density at radius 3 is 2.00 bits per heavy atom. The van der Waals surface area contributed by atoms with Crippen LogP contribution in [0.3, 0.4) is 0 Å². The van der Waals surface area contributed by atoms with Crippen molar-refractivity contribution in [2.75, 3.05) is 13.7 Å². The van der Waals surface area contributed by atoms with E-state index in [1.165, 1.54) is 6.92 Å². The van der Waals surface area contributed by atoms with Crippen molar-refractivity contribution in [2.24, 2.45) is 0 Å². The number of carbonyl (C=O) groups excluding carboxylic acids is 2. The molecule has 0 radical (unpaired) electrons. The zero-order chi connectivity index (χ0) is 14.1. The van der Waals surface area contributed by atoms with E-state index >= 15 is 0 Å². The molecule has 0 aliphatic carbocycles. The molecule has 1 aliphatic heterocycles. The smallest absolute Gasteiger partial charge is 0.223 e. The van der Waals surface area contributed by atoms with Gasteiger partial charge in [-0.05, 0) is 47.6 Å². The fourth-order valence-corrected chi connectivity index (χ4v) is 2.69. The Morgan fingerprint density at radius 2 is 1.61 bits per heavy atom. The third kappa shape index (κ3) is 3.39. The predicted octanol–water partition coefficient (Wildman–Crippen LogP) is 1.81. The number of rotatable bonds is 4. The summed E-state index contributed by atoms with van der Waals surface area (Å²) >= 11 is 0. The van der Waals surface area contributed by atoms with E-state index in [0.717, 1.165) is 12.8 Å². The Hall–Kier alpha value is -0.740. The van der Waals surface area contributed by atoms with Crippen molar-refractivity contribution in [3.63, 3.8) is 0 Å². The van der Waals surface area contributed by atoms with Gasteiger partial charge in [-0.2, -0.15) is 0 Å². The molecule has 0 unspecified atom stereocenters. The van der Waals surface area contributed by atoms with Gasteiger partial charge in [0.1, 0.15) is 6.61 Å². The molecule has 1 saturated heterocycles. The van der Waals surface area contributed by atoms with Crippen molar-refractivity contribution < 1.29 is 14.3 Å². The maximum atomic E-state index is 11.3. The normalized spacial score (nSPS) is 23.9. The molecule has 0 aromatic rings. The fourth-order valence-electron chi connectivity index (χ4n) is 2.69. The van der Waals surface area contributed by atoms with Crippen molar-refractivity contribution >= 4 is 11.6 Å². The first-order valence-electron chi connectivity index (χ1n) is 6.45. The molecule has 0 amide bonds. The van der Waals surface area contributed by atoms with E-state index in [9.17, 15) is 9.59 Å². The van der Waals surface area contributed by atoms with E-state index in [4.69, 9.17) is 4.74 Å². The predicted molar refractivity (Wildman–Crippen MR) is 70.6 cm³/mol. The SMILES string of the molecule is CC(=O)C(=O)COC1CC(C)(C)N(C)C(C)(C)C1. The van der Waals surface area contributed by atoms with Crippen LogP contribution < -0.4 is 0 Å². The third-order valence-electron chi connectivity index (χ3n) is 4.11. The average Bonchev–Trinajstić information content (AvgIpc) is 2.21. The molecule has 0 bridgehead atoms. The summed E-state index contributed by atoms with van der Waals surface area (Å²) < 4.78 is 5.63. The summed E-state index contributed by atoms with van der Waals surface area (Å²) in [7, 11) is 2.12. The number of carbonyl (C=O) groups is 2. The van der Waals surface area contributed by atoms with Crippen molar-refractivity contribution in [3.8, 4) is 0 Å². The van der Waals surface area contributed by atoms with Crippen LogP contribution >= 0.6 is 0 Å². The van der Waals surface area contributed by atoms with Crippen LogP contribution in [-0.4, -0.2) is 47.3 Å². The molecule has 1 rings (SSSR count). The lowest BCUT2D eigenvalue weighted by molar-refractivity contribution is -0.143. The molecule has 1 fully saturated rings. The largest absolute Gasteiger partial charge is 0.370 e. The van der Waals surface area contributed by atoms with Gasteiger partial charge in [0.15, 0.2) is 5.78 Å². The molecule has 0 aromatic carbocycles. The average molecular weight is 255 g/mol. The molecule has 0 spiro atoms. The van der Waals surface area contributed by atoms with E-state index in [1.54, 1.807) is 0 Å². The summed E-state index contributed by atoms with van der Waals surface area (Å²) in [5.74, 6) is -0.869. The van der Waals surface area contributed by atoms with Crippen LogP contribution in [0.2, 0.25) is 0 Å². The number of hydrogen-bond donors (Lipinski definition) is 0. The summed E-state index contributed by atoms with van der Waals surface area (Å²) in [4.78, 5) is 24.5. The molecule has 1 aliphatic rings. The third-order valence-corrected chi connectivity index (χ3v) is 4.11. The minimum atomic E-state index is -0.440. The van der Waals surface area contributed by atoms with Crippen molar-refractivity contribution in [3.05, 3.63) is 0 Å². The zero-order valence-corrected chi connectivity index (χ0v) is 12.4. The molecule has 0 saturated carbocycles. The lowest BCUT2D eigenvalue weighted by Crippen LogP contribution is -2.60. The minimum absolute atomic E-state index is 0.0334. The Kier molecular flexibility index (Phi) is 4.34. The Morgan fingerprint density at radius 1 is 1.17 bits per heavy atom. The van der Waals surface area contributed by atoms with Crippen LogP contribution in [0.4, 0.5) is 0 Å². The van der Waals surface area contributed by atoms with Gasteiger partial charge in [0, 0.05) is 18.0 Å². The highest BCUT2D eigenvalue weighted by molar-refractivity contribution is 6.36. The van der Waals surface area contributed by atoms with Gasteiger partial charge in [-0.3, -0.25) is 14.5 Å². The molecule has 4 nitrogen and oxygen atoms in total. The maximum absolute atomic E-state index is 11.3. The Balaban J connectivity index is 2.64. The van der Waals surface area contributed by atoms with E-state index in [1.807, 2.05) is 0 Å². The van der Waals surface area contributed by atoms with Gasteiger partial charge in [-0.15, -0.1) is 0 Å². The second kappa shape index (κ2) is 5.10. The molecule has 4 heteroatoms. The molecule has 0 aromatic heterocycles. The summed E-state index contributed by atoms with van der Waals surface area (Å²) in [6.45, 7) is 9.91. The molecule has 104 valence electrons. The number of Topliss-reactive ketones (excluding diaryl/α,β-unsaturated/α-hetero) is 2. The minimum Gasteiger partial charge on any atom is -0.370 e. The first kappa shape index (κ1) is 15.3. The summed E-state index contributed by atoms with van der Waals surface area (Å²) in [5.41, 5.74) is 0.0668. The first-order chi connectivity index (χ1) is 8.06. The van der Waals surface area contributed by atoms with Gasteiger partial charge < -0.3 is 4.74 Å². The number of nitrogens with zero attached hydrogens (tertiary/aromatic N) is 1. The van der Waals surface area contributed by atoms with Gasteiger partial charge in [0.05, 0.1) is 6.10 Å². The summed E-state index contributed by atoms with van der Waals surface area (Å²) in [6.07, 6.45) is 1.78. The standard InChI is InChI=1S/C14H25NO3/c1-10(16)12(17)9-18-11-7-13(2,3)15(6)14(4,5)8-11/h11H,7-9H2,1-6H3. The molecular weight excluding hydrogens is 230 g/mol. The number of likely N-dealkylation sites (tertiary alicyclic amines) is 1. The van der Waals surface area contributed by atoms with Crippen molar-refractivity contribution in [1.29, 1.82) is 0 Å². The molecular formula is C14H25NO3. The van der Waals surface area contributed by atoms with Crippen LogP contribution in [0.1, 0.15) is 47.5 Å². The van der Waals surface area contributed by atoms with Gasteiger partial charge in [0.25, 0.3) is 0 Å². The van der Waals surface area contributed by atoms with Crippen molar-refractivity contribution in [2.45, 2.75) is 64.6 Å². The molecule has 18 heavy (non-hydrogen) atoms. The molecule has 0 N–H and O–H groups in total. The first-order valence-corrected chi connectivity index (χ1v) is 6.45. The van der Waals surface area contributed by atoms with Crippen LogP contribution in [0.15, 0.2) is 0 Å². The van der Waals surface area contributed by atoms with Gasteiger partial charge in [-0.1, -0.05) is 0 Å². The highest BCUT2D eigenvalue weighted by atomic mass is 16.5. The second-order valence-corrected chi connectivity index (χ2v) is 6.50. The topological polar surface area (TPSA) is 46.6 Å². The monoisotopic (exact) mass is 255 g/mol.